The summed E-state index contributed by atoms with van der Waals surface area (Å²) >= 11 is 0. The molecule has 4 nitrogen and oxygen atoms in total. The van der Waals surface area contributed by atoms with Gasteiger partial charge in [-0.1, -0.05) is 12.1 Å². The summed E-state index contributed by atoms with van der Waals surface area (Å²) in [5.41, 5.74) is -2.33. The maximum Gasteiger partial charge on any atom is 0.417 e. The van der Waals surface area contributed by atoms with Crippen LogP contribution in [0.25, 0.3) is 0 Å². The van der Waals surface area contributed by atoms with E-state index in [1.54, 1.807) is 0 Å². The molecule has 2 aromatic carbocycles. The van der Waals surface area contributed by atoms with Crippen LogP contribution >= 0.6 is 0 Å². The van der Waals surface area contributed by atoms with Crippen molar-refractivity contribution in [3.63, 3.8) is 0 Å². The van der Waals surface area contributed by atoms with Crippen LogP contribution in [0.2, 0.25) is 0 Å². The predicted molar refractivity (Wildman–Crippen MR) is 86.5 cm³/mol. The summed E-state index contributed by atoms with van der Waals surface area (Å²) in [5.74, 6) is 0. The number of hydrogen-bond acceptors (Lipinski definition) is 3. The third-order valence-corrected chi connectivity index (χ3v) is 5.21. The third-order valence-electron chi connectivity index (χ3n) is 3.69. The van der Waals surface area contributed by atoms with E-state index in [4.69, 9.17) is 5.26 Å². The molecule has 0 aliphatic carbocycles. The fourth-order valence-electron chi connectivity index (χ4n) is 2.32. The Labute approximate surface area is 156 Å². The predicted octanol–water partition coefficient (Wildman–Crippen LogP) is 4.12. The van der Waals surface area contributed by atoms with Crippen LogP contribution in [0.4, 0.5) is 26.3 Å². The maximum atomic E-state index is 13.1. The van der Waals surface area contributed by atoms with E-state index < -0.39 is 38.4 Å². The van der Waals surface area contributed by atoms with Crippen LogP contribution in [-0.2, 0) is 28.8 Å². The van der Waals surface area contributed by atoms with Crippen molar-refractivity contribution in [2.75, 3.05) is 6.54 Å². The van der Waals surface area contributed by atoms with Crippen molar-refractivity contribution in [1.29, 1.82) is 5.26 Å². The molecule has 0 bridgehead atoms. The molecular formula is C17H12F6N2O2S. The lowest BCUT2D eigenvalue weighted by Crippen LogP contribution is -2.28. The van der Waals surface area contributed by atoms with Gasteiger partial charge in [-0.2, -0.15) is 31.6 Å². The van der Waals surface area contributed by atoms with Crippen molar-refractivity contribution in [3.8, 4) is 6.07 Å². The summed E-state index contributed by atoms with van der Waals surface area (Å²) in [6.45, 7) is -0.328. The Bertz CT molecular complexity index is 990. The molecule has 0 saturated heterocycles. The van der Waals surface area contributed by atoms with E-state index in [1.165, 1.54) is 6.07 Å². The highest BCUT2D eigenvalue weighted by molar-refractivity contribution is 7.89. The number of nitriles is 1. The maximum absolute atomic E-state index is 13.1. The first-order valence-corrected chi connectivity index (χ1v) is 9.10. The number of benzene rings is 2. The largest absolute Gasteiger partial charge is 0.417 e. The van der Waals surface area contributed by atoms with Crippen LogP contribution in [0.5, 0.6) is 0 Å². The third kappa shape index (κ3) is 5.24. The number of nitrogens with one attached hydrogen (secondary N) is 1. The molecule has 0 spiro atoms. The van der Waals surface area contributed by atoms with Crippen LogP contribution in [-0.4, -0.2) is 15.0 Å². The van der Waals surface area contributed by atoms with Crippen molar-refractivity contribution >= 4 is 10.0 Å². The second-order valence-corrected chi connectivity index (χ2v) is 7.40. The first-order valence-electron chi connectivity index (χ1n) is 7.62. The lowest BCUT2D eigenvalue weighted by molar-refractivity contribution is -0.140. The van der Waals surface area contributed by atoms with Gasteiger partial charge in [-0.15, -0.1) is 0 Å². The molecule has 2 aromatic rings. The number of rotatable bonds is 5. The van der Waals surface area contributed by atoms with Gasteiger partial charge in [-0.25, -0.2) is 13.1 Å². The highest BCUT2D eigenvalue weighted by Gasteiger charge is 2.37. The molecule has 150 valence electrons. The Kier molecular flexibility index (Phi) is 6.06. The normalized spacial score (nSPS) is 12.6. The molecule has 0 radical (unpaired) electrons. The van der Waals surface area contributed by atoms with Gasteiger partial charge in [0.2, 0.25) is 10.0 Å². The van der Waals surface area contributed by atoms with Crippen LogP contribution in [0.3, 0.4) is 0 Å². The van der Waals surface area contributed by atoms with Crippen LogP contribution < -0.4 is 4.72 Å². The Hall–Kier alpha value is -2.58. The SMILES string of the molecule is N#Cc1ccc(S(=O)(=O)NCCc2ccc(C(F)(F)F)cc2)c(C(F)(F)F)c1. The fourth-order valence-corrected chi connectivity index (χ4v) is 3.56. The van der Waals surface area contributed by atoms with Crippen molar-refractivity contribution in [2.24, 2.45) is 0 Å². The number of halogens is 6. The fraction of sp³-hybridized carbons (Fsp3) is 0.235. The smallest absolute Gasteiger partial charge is 0.211 e. The van der Waals surface area contributed by atoms with Crippen LogP contribution in [0, 0.1) is 11.3 Å². The van der Waals surface area contributed by atoms with Crippen LogP contribution in [0.15, 0.2) is 47.4 Å². The highest BCUT2D eigenvalue weighted by atomic mass is 32.2. The number of alkyl halides is 6. The van der Waals surface area contributed by atoms with Gasteiger partial charge in [-0.3, -0.25) is 0 Å². The zero-order valence-corrected chi connectivity index (χ0v) is 14.7. The van der Waals surface area contributed by atoms with Crippen molar-refractivity contribution in [1.82, 2.24) is 4.72 Å². The molecule has 0 heterocycles. The molecule has 0 atom stereocenters. The summed E-state index contributed by atoms with van der Waals surface area (Å²) in [5, 5.41) is 8.71. The van der Waals surface area contributed by atoms with E-state index in [2.05, 4.69) is 0 Å². The Morgan fingerprint density at radius 1 is 0.929 bits per heavy atom. The molecule has 0 aliphatic rings. The molecule has 0 aliphatic heterocycles. The summed E-state index contributed by atoms with van der Waals surface area (Å²) in [6, 6.07) is 7.52. The van der Waals surface area contributed by atoms with E-state index in [9.17, 15) is 34.8 Å². The average molecular weight is 422 g/mol. The number of nitrogens with zero attached hydrogens (tertiary/aromatic N) is 1. The molecule has 0 amide bonds. The Morgan fingerprint density at radius 3 is 2.04 bits per heavy atom. The van der Waals surface area contributed by atoms with Crippen molar-refractivity contribution in [3.05, 3.63) is 64.7 Å². The zero-order chi connectivity index (χ0) is 21.2. The van der Waals surface area contributed by atoms with Gasteiger partial charge in [0.25, 0.3) is 0 Å². The van der Waals surface area contributed by atoms with Gasteiger partial charge in [0, 0.05) is 6.54 Å². The van der Waals surface area contributed by atoms with Gasteiger partial charge >= 0.3 is 12.4 Å². The monoisotopic (exact) mass is 422 g/mol. The van der Waals surface area contributed by atoms with Gasteiger partial charge in [0.1, 0.15) is 0 Å². The molecule has 0 unspecified atom stereocenters. The average Bonchev–Trinajstić information content (AvgIpc) is 2.60. The van der Waals surface area contributed by atoms with Crippen molar-refractivity contribution in [2.45, 2.75) is 23.7 Å². The topological polar surface area (TPSA) is 70.0 Å². The molecule has 28 heavy (non-hydrogen) atoms. The minimum Gasteiger partial charge on any atom is -0.211 e. The minimum absolute atomic E-state index is 0.0327. The molecule has 0 fully saturated rings. The number of sulfonamides is 1. The minimum atomic E-state index is -5.00. The van der Waals surface area contributed by atoms with E-state index in [0.717, 1.165) is 30.3 Å². The summed E-state index contributed by atoms with van der Waals surface area (Å²) in [4.78, 5) is -1.04. The van der Waals surface area contributed by atoms with E-state index in [-0.39, 0.29) is 18.5 Å². The summed E-state index contributed by atoms with van der Waals surface area (Å²) < 4.78 is 103. The van der Waals surface area contributed by atoms with Gasteiger partial charge in [0.15, 0.2) is 0 Å². The lowest BCUT2D eigenvalue weighted by atomic mass is 10.1. The van der Waals surface area contributed by atoms with Crippen LogP contribution in [0.1, 0.15) is 22.3 Å². The van der Waals surface area contributed by atoms with E-state index in [1.807, 2.05) is 4.72 Å². The first-order chi connectivity index (χ1) is 12.8. The molecule has 2 rings (SSSR count). The van der Waals surface area contributed by atoms with Gasteiger partial charge in [0.05, 0.1) is 27.7 Å². The van der Waals surface area contributed by atoms with E-state index >= 15 is 0 Å². The summed E-state index contributed by atoms with van der Waals surface area (Å²) in [7, 11) is -4.56. The zero-order valence-electron chi connectivity index (χ0n) is 13.9. The molecular weight excluding hydrogens is 410 g/mol. The van der Waals surface area contributed by atoms with Gasteiger partial charge < -0.3 is 0 Å². The quantitative estimate of drug-likeness (QED) is 0.738. The second kappa shape index (κ2) is 7.81. The first kappa shape index (κ1) is 21.7. The highest BCUT2D eigenvalue weighted by Crippen LogP contribution is 2.34. The van der Waals surface area contributed by atoms with Gasteiger partial charge in [-0.05, 0) is 42.3 Å². The Balaban J connectivity index is 2.16. The number of hydrogen-bond donors (Lipinski definition) is 1. The summed E-state index contributed by atoms with van der Waals surface area (Å²) in [6.07, 6.45) is -9.54. The van der Waals surface area contributed by atoms with Crippen molar-refractivity contribution < 1.29 is 34.8 Å². The molecule has 0 saturated carbocycles. The molecule has 1 N–H and O–H groups in total. The molecule has 11 heteroatoms. The standard InChI is InChI=1S/C17H12F6N2O2S/c18-16(19,20)13-4-1-11(2-5-13)7-8-25-28(26,27)15-6-3-12(10-24)9-14(15)17(21,22)23/h1-6,9,25H,7-8H2. The Morgan fingerprint density at radius 2 is 1.54 bits per heavy atom. The molecule has 0 aromatic heterocycles. The lowest BCUT2D eigenvalue weighted by Gasteiger charge is -2.14. The second-order valence-electron chi connectivity index (χ2n) is 5.66. The van der Waals surface area contributed by atoms with E-state index in [0.29, 0.717) is 17.7 Å².